The van der Waals surface area contributed by atoms with Crippen LogP contribution in [0.15, 0.2) is 97.2 Å². The van der Waals surface area contributed by atoms with Crippen molar-refractivity contribution < 1.29 is 14.3 Å². The molecule has 0 aliphatic heterocycles. The molecule has 1 unspecified atom stereocenters. The molecule has 202 valence electrons. The number of hydrogen-bond acceptors (Lipinski definition) is 5. The molecule has 39 heavy (non-hydrogen) atoms. The van der Waals surface area contributed by atoms with E-state index in [1.165, 1.54) is 4.90 Å². The van der Waals surface area contributed by atoms with Crippen molar-refractivity contribution in [1.29, 1.82) is 0 Å². The number of hydrogen-bond donors (Lipinski definition) is 2. The van der Waals surface area contributed by atoms with Gasteiger partial charge in [0.1, 0.15) is 28.8 Å². The Balaban J connectivity index is 1.84. The molecule has 2 N–H and O–H groups in total. The Kier molecular flexibility index (Phi) is 8.04. The van der Waals surface area contributed by atoms with Crippen LogP contribution in [0.2, 0.25) is 0 Å². The van der Waals surface area contributed by atoms with Gasteiger partial charge in [-0.15, -0.1) is 0 Å². The fourth-order valence-corrected chi connectivity index (χ4v) is 4.62. The average molecular weight is 526 g/mol. The Bertz CT molecular complexity index is 1290. The van der Waals surface area contributed by atoms with Gasteiger partial charge in [0.15, 0.2) is 0 Å². The van der Waals surface area contributed by atoms with Crippen molar-refractivity contribution in [2.45, 2.75) is 45.0 Å². The van der Waals surface area contributed by atoms with Crippen LogP contribution < -0.4 is 15.5 Å². The van der Waals surface area contributed by atoms with Crippen LogP contribution >= 0.6 is 0 Å². The van der Waals surface area contributed by atoms with Gasteiger partial charge in [-0.1, -0.05) is 91.0 Å². The molecule has 0 spiro atoms. The molecule has 1 aromatic heterocycles. The highest BCUT2D eigenvalue weighted by atomic mass is 16.6. The number of nitrogens with one attached hydrogen (secondary N) is 2. The van der Waals surface area contributed by atoms with E-state index >= 15 is 0 Å². The third kappa shape index (κ3) is 5.95. The number of amides is 2. The summed E-state index contributed by atoms with van der Waals surface area (Å²) in [6, 6.07) is 30.4. The summed E-state index contributed by atoms with van der Waals surface area (Å²) in [5, 5.41) is 11.0. The van der Waals surface area contributed by atoms with Gasteiger partial charge in [0.25, 0.3) is 0 Å². The van der Waals surface area contributed by atoms with Gasteiger partial charge in [0, 0.05) is 7.05 Å². The van der Waals surface area contributed by atoms with E-state index in [0.717, 1.165) is 16.7 Å². The van der Waals surface area contributed by atoms with E-state index in [0.29, 0.717) is 17.9 Å². The number of anilines is 2. The highest BCUT2D eigenvalue weighted by Crippen LogP contribution is 2.42. The molecule has 0 saturated heterocycles. The number of aryl methyl sites for hydroxylation is 1. The maximum atomic E-state index is 12.5. The maximum absolute atomic E-state index is 12.5. The lowest BCUT2D eigenvalue weighted by Gasteiger charge is -2.38. The first-order valence-electron chi connectivity index (χ1n) is 12.9. The largest absolute Gasteiger partial charge is 0.444 e. The smallest absolute Gasteiger partial charge is 0.409 e. The zero-order chi connectivity index (χ0) is 28.0. The number of rotatable bonds is 9. The summed E-state index contributed by atoms with van der Waals surface area (Å²) < 4.78 is 7.09. The van der Waals surface area contributed by atoms with Crippen LogP contribution in [0.3, 0.4) is 0 Å². The first-order chi connectivity index (χ1) is 18.7. The molecule has 4 aromatic rings. The van der Waals surface area contributed by atoms with Crippen LogP contribution in [-0.4, -0.2) is 34.1 Å². The van der Waals surface area contributed by atoms with Gasteiger partial charge >= 0.3 is 6.09 Å². The molecule has 0 aliphatic rings. The summed E-state index contributed by atoms with van der Waals surface area (Å²) in [7, 11) is 1.81. The van der Waals surface area contributed by atoms with Gasteiger partial charge in [0.2, 0.25) is 6.41 Å². The topological polar surface area (TPSA) is 88.5 Å². The third-order valence-corrected chi connectivity index (χ3v) is 6.38. The predicted octanol–water partition coefficient (Wildman–Crippen LogP) is 5.66. The minimum absolute atomic E-state index is 0.503. The number of alkyl carbamates (subject to hydrolysis) is 1. The summed E-state index contributed by atoms with van der Waals surface area (Å²) in [6.07, 6.45) is 0.962. The van der Waals surface area contributed by atoms with E-state index in [9.17, 15) is 9.59 Å². The van der Waals surface area contributed by atoms with Crippen molar-refractivity contribution >= 4 is 24.0 Å². The number of nitrogens with zero attached hydrogens (tertiary/aromatic N) is 3. The summed E-state index contributed by atoms with van der Waals surface area (Å²) in [4.78, 5) is 26.3. The minimum atomic E-state index is -0.831. The summed E-state index contributed by atoms with van der Waals surface area (Å²) >= 11 is 0. The Morgan fingerprint density at radius 1 is 0.897 bits per heavy atom. The molecule has 1 atom stereocenters. The van der Waals surface area contributed by atoms with Gasteiger partial charge < -0.3 is 15.4 Å². The molecular weight excluding hydrogens is 490 g/mol. The maximum Gasteiger partial charge on any atom is 0.409 e. The van der Waals surface area contributed by atoms with Crippen LogP contribution in [-0.2, 0) is 22.1 Å². The number of carbonyl (C=O) groups is 2. The summed E-state index contributed by atoms with van der Waals surface area (Å²) in [6.45, 7) is 7.07. The molecule has 0 saturated carbocycles. The zero-order valence-electron chi connectivity index (χ0n) is 23.0. The average Bonchev–Trinajstić information content (AvgIpc) is 3.27. The van der Waals surface area contributed by atoms with E-state index in [-0.39, 0.29) is 0 Å². The highest BCUT2D eigenvalue weighted by molar-refractivity contribution is 5.84. The first-order valence-corrected chi connectivity index (χ1v) is 12.9. The van der Waals surface area contributed by atoms with Crippen molar-refractivity contribution in [3.8, 4) is 0 Å². The van der Waals surface area contributed by atoms with Crippen molar-refractivity contribution in [3.05, 3.63) is 114 Å². The van der Waals surface area contributed by atoms with E-state index in [1.54, 1.807) is 38.6 Å². The normalized spacial score (nSPS) is 12.3. The van der Waals surface area contributed by atoms with Crippen molar-refractivity contribution in [2.75, 3.05) is 10.2 Å². The first kappa shape index (κ1) is 27.4. The van der Waals surface area contributed by atoms with Crippen molar-refractivity contribution in [1.82, 2.24) is 15.1 Å². The van der Waals surface area contributed by atoms with Crippen LogP contribution in [0.25, 0.3) is 0 Å². The second kappa shape index (κ2) is 11.4. The molecule has 4 rings (SSSR count). The standard InChI is InChI=1S/C31H35N5O3/c1-23(33-29(38)39-30(2,3)4)36(22-37)27-21-32-35(5)28(27)34-31(24-15-9-6-10-16-24,25-17-11-7-12-18-25)26-19-13-8-14-20-26/h6-23,34H,1-5H3,(H,33,38). The minimum Gasteiger partial charge on any atom is -0.444 e. The lowest BCUT2D eigenvalue weighted by Crippen LogP contribution is -2.48. The predicted molar refractivity (Wildman–Crippen MR) is 153 cm³/mol. The van der Waals surface area contributed by atoms with Gasteiger partial charge in [-0.3, -0.25) is 14.4 Å². The van der Waals surface area contributed by atoms with Crippen LogP contribution in [0, 0.1) is 0 Å². The van der Waals surface area contributed by atoms with E-state index in [2.05, 4.69) is 52.1 Å². The molecule has 8 nitrogen and oxygen atoms in total. The number of benzene rings is 3. The van der Waals surface area contributed by atoms with E-state index in [1.807, 2.05) is 61.6 Å². The zero-order valence-corrected chi connectivity index (χ0v) is 23.0. The fraction of sp³-hybridized carbons (Fsp3) is 0.258. The molecule has 1 heterocycles. The highest BCUT2D eigenvalue weighted by Gasteiger charge is 2.38. The summed E-state index contributed by atoms with van der Waals surface area (Å²) in [5.74, 6) is 0.594. The molecular formula is C31H35N5O3. The van der Waals surface area contributed by atoms with Gasteiger partial charge in [-0.05, 0) is 44.4 Å². The fourth-order valence-electron chi connectivity index (χ4n) is 4.62. The third-order valence-electron chi connectivity index (χ3n) is 6.38. The Hall–Kier alpha value is -4.59. The number of aromatic nitrogens is 2. The van der Waals surface area contributed by atoms with Gasteiger partial charge in [-0.2, -0.15) is 5.10 Å². The summed E-state index contributed by atoms with van der Waals surface area (Å²) in [5.41, 5.74) is 2.02. The Morgan fingerprint density at radius 2 is 1.36 bits per heavy atom. The second-order valence-corrected chi connectivity index (χ2v) is 10.3. The number of carbonyl (C=O) groups excluding carboxylic acids is 2. The van der Waals surface area contributed by atoms with E-state index in [4.69, 9.17) is 4.74 Å². The van der Waals surface area contributed by atoms with Crippen LogP contribution in [0.1, 0.15) is 44.4 Å². The molecule has 0 radical (unpaired) electrons. The van der Waals surface area contributed by atoms with Gasteiger partial charge in [0.05, 0.1) is 6.20 Å². The molecule has 0 aliphatic carbocycles. The Morgan fingerprint density at radius 3 is 1.77 bits per heavy atom. The second-order valence-electron chi connectivity index (χ2n) is 10.3. The monoisotopic (exact) mass is 525 g/mol. The molecule has 0 fully saturated rings. The van der Waals surface area contributed by atoms with Crippen molar-refractivity contribution in [2.24, 2.45) is 7.05 Å². The molecule has 8 heteroatoms. The molecule has 0 bridgehead atoms. The lowest BCUT2D eigenvalue weighted by molar-refractivity contribution is -0.107. The SMILES string of the molecule is CC(NC(=O)OC(C)(C)C)N(C=O)c1cnn(C)c1NC(c1ccccc1)(c1ccccc1)c1ccccc1. The van der Waals surface area contributed by atoms with Crippen LogP contribution in [0.5, 0.6) is 0 Å². The van der Waals surface area contributed by atoms with Crippen LogP contribution in [0.4, 0.5) is 16.3 Å². The van der Waals surface area contributed by atoms with E-state index < -0.39 is 23.4 Å². The molecule has 3 aromatic carbocycles. The lowest BCUT2D eigenvalue weighted by atomic mass is 9.77. The number of ether oxygens (including phenoxy) is 1. The quantitative estimate of drug-likeness (QED) is 0.167. The Labute approximate surface area is 229 Å². The van der Waals surface area contributed by atoms with Crippen molar-refractivity contribution in [3.63, 3.8) is 0 Å². The van der Waals surface area contributed by atoms with Gasteiger partial charge in [-0.25, -0.2) is 4.79 Å². The molecule has 2 amide bonds.